The van der Waals surface area contributed by atoms with E-state index in [-0.39, 0.29) is 5.41 Å². The summed E-state index contributed by atoms with van der Waals surface area (Å²) in [6.07, 6.45) is 1.98. The monoisotopic (exact) mass is 333 g/mol. The van der Waals surface area contributed by atoms with E-state index in [2.05, 4.69) is 40.4 Å². The van der Waals surface area contributed by atoms with Gasteiger partial charge >= 0.3 is 0 Å². The molecule has 0 amide bonds. The maximum absolute atomic E-state index is 6.04. The molecule has 6 heteroatoms. The lowest BCUT2D eigenvalue weighted by atomic mass is 9.81. The normalized spacial score (nSPS) is 22.2. The van der Waals surface area contributed by atoms with Crippen molar-refractivity contribution in [3.05, 3.63) is 33.7 Å². The van der Waals surface area contributed by atoms with Gasteiger partial charge in [0.25, 0.3) is 0 Å². The number of aryl methyl sites for hydroxylation is 1. The molecule has 5 nitrogen and oxygen atoms in total. The van der Waals surface area contributed by atoms with Gasteiger partial charge in [-0.2, -0.15) is 0 Å². The van der Waals surface area contributed by atoms with Crippen LogP contribution in [0.15, 0.2) is 15.9 Å². The summed E-state index contributed by atoms with van der Waals surface area (Å²) in [5.41, 5.74) is 1.39. The van der Waals surface area contributed by atoms with Crippen LogP contribution in [-0.4, -0.2) is 41.4 Å². The van der Waals surface area contributed by atoms with E-state index in [9.17, 15) is 0 Å². The predicted molar refractivity (Wildman–Crippen MR) is 88.8 cm³/mol. The molecule has 4 heterocycles. The Kier molecular flexibility index (Phi) is 3.99. The first-order chi connectivity index (χ1) is 11.1. The second-order valence-electron chi connectivity index (χ2n) is 7.06. The van der Waals surface area contributed by atoms with Crippen LogP contribution in [-0.2, 0) is 16.7 Å². The van der Waals surface area contributed by atoms with Gasteiger partial charge in [-0.15, -0.1) is 21.5 Å². The third-order valence-electron chi connectivity index (χ3n) is 5.01. The van der Waals surface area contributed by atoms with Gasteiger partial charge in [-0.1, -0.05) is 0 Å². The molecule has 0 spiro atoms. The minimum atomic E-state index is 0.00157. The van der Waals surface area contributed by atoms with Gasteiger partial charge in [0.15, 0.2) is 0 Å². The number of thiophene rings is 1. The molecule has 4 rings (SSSR count). The minimum Gasteiger partial charge on any atom is -0.424 e. The summed E-state index contributed by atoms with van der Waals surface area (Å²) in [5.74, 6) is 1.98. The average molecular weight is 333 g/mol. The van der Waals surface area contributed by atoms with Crippen molar-refractivity contribution in [1.82, 2.24) is 15.1 Å². The smallest absolute Gasteiger partial charge is 0.224 e. The molecule has 2 aliphatic heterocycles. The molecule has 2 aromatic rings. The highest BCUT2D eigenvalue weighted by molar-refractivity contribution is 7.10. The van der Waals surface area contributed by atoms with E-state index in [0.29, 0.717) is 5.92 Å². The topological polar surface area (TPSA) is 51.4 Å². The van der Waals surface area contributed by atoms with Gasteiger partial charge in [-0.05, 0) is 43.7 Å². The highest BCUT2D eigenvalue weighted by Crippen LogP contribution is 2.36. The van der Waals surface area contributed by atoms with Crippen LogP contribution in [0.1, 0.15) is 47.9 Å². The highest BCUT2D eigenvalue weighted by Gasteiger charge is 2.45. The molecule has 0 atom stereocenters. The van der Waals surface area contributed by atoms with E-state index in [1.165, 1.54) is 10.4 Å². The molecule has 0 bridgehead atoms. The molecule has 2 aromatic heterocycles. The summed E-state index contributed by atoms with van der Waals surface area (Å²) in [7, 11) is 0. The maximum atomic E-state index is 6.04. The van der Waals surface area contributed by atoms with Crippen LogP contribution in [0, 0.1) is 6.92 Å². The van der Waals surface area contributed by atoms with E-state index in [1.807, 2.05) is 11.3 Å². The Balaban J connectivity index is 1.39. The van der Waals surface area contributed by atoms with Crippen molar-refractivity contribution in [2.45, 2.75) is 44.6 Å². The molecular weight excluding hydrogens is 310 g/mol. The maximum Gasteiger partial charge on any atom is 0.224 e. The lowest BCUT2D eigenvalue weighted by Gasteiger charge is -2.45. The average Bonchev–Trinajstić information content (AvgIpc) is 3.17. The standard InChI is InChI=1S/C17H23N3O2S/c1-12-5-8-23-14(12)9-20-10-17(2,11-20)16-19-18-15(22-16)13-3-6-21-7-4-13/h5,8,13H,3-4,6-7,9-11H2,1-2H3. The SMILES string of the molecule is Cc1ccsc1CN1CC(C)(c2nnc(C3CCOCC3)o2)C1. The van der Waals surface area contributed by atoms with Gasteiger partial charge in [0.1, 0.15) is 0 Å². The van der Waals surface area contributed by atoms with Crippen molar-refractivity contribution in [1.29, 1.82) is 0 Å². The van der Waals surface area contributed by atoms with Crippen LogP contribution in [0.4, 0.5) is 0 Å². The number of ether oxygens (including phenoxy) is 1. The van der Waals surface area contributed by atoms with Crippen molar-refractivity contribution in [2.75, 3.05) is 26.3 Å². The van der Waals surface area contributed by atoms with E-state index < -0.39 is 0 Å². The van der Waals surface area contributed by atoms with Crippen molar-refractivity contribution >= 4 is 11.3 Å². The molecule has 0 N–H and O–H groups in total. The Labute approximate surface area is 140 Å². The molecule has 2 aliphatic rings. The van der Waals surface area contributed by atoms with Crippen molar-refractivity contribution in [3.63, 3.8) is 0 Å². The first-order valence-corrected chi connectivity index (χ1v) is 9.19. The van der Waals surface area contributed by atoms with Crippen molar-refractivity contribution < 1.29 is 9.15 Å². The van der Waals surface area contributed by atoms with Gasteiger partial charge in [-0.3, -0.25) is 4.90 Å². The Hall–Kier alpha value is -1.24. The zero-order valence-electron chi connectivity index (χ0n) is 13.7. The lowest BCUT2D eigenvalue weighted by molar-refractivity contribution is 0.0481. The number of hydrogen-bond donors (Lipinski definition) is 0. The van der Waals surface area contributed by atoms with Crippen LogP contribution in [0.5, 0.6) is 0 Å². The first kappa shape index (κ1) is 15.3. The summed E-state index contributed by atoms with van der Waals surface area (Å²) in [5, 5.41) is 10.8. The fourth-order valence-electron chi connectivity index (χ4n) is 3.54. The molecule has 0 radical (unpaired) electrons. The number of likely N-dealkylation sites (tertiary alicyclic amines) is 1. The van der Waals surface area contributed by atoms with E-state index in [1.54, 1.807) is 0 Å². The molecule has 0 unspecified atom stereocenters. The second-order valence-corrected chi connectivity index (χ2v) is 8.07. The molecule has 2 saturated heterocycles. The first-order valence-electron chi connectivity index (χ1n) is 8.31. The molecule has 2 fully saturated rings. The number of hydrogen-bond acceptors (Lipinski definition) is 6. The number of aromatic nitrogens is 2. The zero-order chi connectivity index (χ0) is 15.9. The summed E-state index contributed by atoms with van der Waals surface area (Å²) < 4.78 is 11.4. The quantitative estimate of drug-likeness (QED) is 0.860. The fraction of sp³-hybridized carbons (Fsp3) is 0.647. The van der Waals surface area contributed by atoms with Crippen molar-refractivity contribution in [2.24, 2.45) is 0 Å². The van der Waals surface area contributed by atoms with Gasteiger partial charge < -0.3 is 9.15 Å². The lowest BCUT2D eigenvalue weighted by Crippen LogP contribution is -2.57. The zero-order valence-corrected chi connectivity index (χ0v) is 14.6. The van der Waals surface area contributed by atoms with E-state index >= 15 is 0 Å². The fourth-order valence-corrected chi connectivity index (χ4v) is 4.49. The van der Waals surface area contributed by atoms with Crippen LogP contribution >= 0.6 is 11.3 Å². The summed E-state index contributed by atoms with van der Waals surface area (Å²) in [6.45, 7) is 9.01. The van der Waals surface area contributed by atoms with Gasteiger partial charge in [0.05, 0.1) is 5.41 Å². The highest BCUT2D eigenvalue weighted by atomic mass is 32.1. The van der Waals surface area contributed by atoms with Crippen LogP contribution < -0.4 is 0 Å². The van der Waals surface area contributed by atoms with Crippen LogP contribution in [0.2, 0.25) is 0 Å². The molecule has 0 aliphatic carbocycles. The van der Waals surface area contributed by atoms with Gasteiger partial charge in [0.2, 0.25) is 11.8 Å². The number of nitrogens with zero attached hydrogens (tertiary/aromatic N) is 3. The van der Waals surface area contributed by atoms with Crippen molar-refractivity contribution in [3.8, 4) is 0 Å². The Bertz CT molecular complexity index is 669. The summed E-state index contributed by atoms with van der Waals surface area (Å²) in [4.78, 5) is 3.91. The van der Waals surface area contributed by atoms with Crippen LogP contribution in [0.25, 0.3) is 0 Å². The Morgan fingerprint density at radius 1 is 1.30 bits per heavy atom. The molecular formula is C17H23N3O2S. The molecule has 0 aromatic carbocycles. The van der Waals surface area contributed by atoms with E-state index in [4.69, 9.17) is 9.15 Å². The van der Waals surface area contributed by atoms with Crippen LogP contribution in [0.3, 0.4) is 0 Å². The largest absolute Gasteiger partial charge is 0.424 e. The Morgan fingerprint density at radius 3 is 2.78 bits per heavy atom. The van der Waals surface area contributed by atoms with E-state index in [0.717, 1.165) is 57.5 Å². The Morgan fingerprint density at radius 2 is 2.09 bits per heavy atom. The molecule has 23 heavy (non-hydrogen) atoms. The third-order valence-corrected chi connectivity index (χ3v) is 6.02. The summed E-state index contributed by atoms with van der Waals surface area (Å²) in [6, 6.07) is 2.19. The minimum absolute atomic E-state index is 0.00157. The second kappa shape index (κ2) is 6.00. The molecule has 124 valence electrons. The predicted octanol–water partition coefficient (Wildman–Crippen LogP) is 3.11. The third kappa shape index (κ3) is 2.95. The van der Waals surface area contributed by atoms with Gasteiger partial charge in [-0.25, -0.2) is 0 Å². The van der Waals surface area contributed by atoms with Gasteiger partial charge in [0, 0.05) is 43.6 Å². The number of rotatable bonds is 4. The molecule has 0 saturated carbocycles. The summed E-state index contributed by atoms with van der Waals surface area (Å²) >= 11 is 1.84.